The summed E-state index contributed by atoms with van der Waals surface area (Å²) >= 11 is 0. The number of nitrogens with two attached hydrogens (primary N) is 1. The Balaban J connectivity index is 1.02. The highest BCUT2D eigenvalue weighted by Crippen LogP contribution is 2.36. The van der Waals surface area contributed by atoms with Crippen molar-refractivity contribution in [3.8, 4) is 0 Å². The predicted octanol–water partition coefficient (Wildman–Crippen LogP) is 7.43. The monoisotopic (exact) mass is 1260 g/mol. The number of para-hydroxylation sites is 1. The van der Waals surface area contributed by atoms with Crippen molar-refractivity contribution in [1.82, 2.24) is 41.4 Å². The van der Waals surface area contributed by atoms with Crippen molar-refractivity contribution in [2.75, 3.05) is 37.5 Å². The minimum absolute atomic E-state index is 0.0697. The number of nitrogens with zero attached hydrogens (tertiary/aromatic N) is 3. The van der Waals surface area contributed by atoms with Crippen LogP contribution in [0.25, 0.3) is 23.1 Å². The number of primary amides is 1. The minimum Gasteiger partial charge on any atom is -0.478 e. The molecule has 2 heterocycles. The summed E-state index contributed by atoms with van der Waals surface area (Å²) in [5.41, 5.74) is 11.0. The number of aliphatic carboxylic acids is 1. The van der Waals surface area contributed by atoms with Crippen LogP contribution in [0.15, 0.2) is 109 Å². The standard InChI is InChI=1S/C70H93N11O11/c1-42(2)56(35-44(5)67(89)90)80(13)66(88)62(69(6,7)8)78-65(87)61(72-11)70(9,10)52-39-79(12)55-31-26-46(36-51(52)55)37-74-58(83)41-92-40-45-24-29-50(30-25-45)75-63(85)53(22-18-34-73-68(71)91)76-64(86)60(43(3)4)77-57(82)32-33-59(84)81-38-49-21-15-14-19-47(49)27-28-48-20-16-17-23-54(48)81/h14-17,19-21,23-31,35-36,39,42-43,53,56,60-62,72H,18,22,32-34,37-38,40-41H2,1-13H3,(H,74,83)(H,75,85)(H,76,86)(H,77,82)(H,78,87)(H,89,90)(H3,71,73,91)/b28-27-,44-35+/t53-,56+,60-,61+,62+/m0/s1. The van der Waals surface area contributed by atoms with Gasteiger partial charge in [-0.15, -0.1) is 0 Å². The Bertz CT molecular complexity index is 3550. The van der Waals surface area contributed by atoms with E-state index >= 15 is 0 Å². The van der Waals surface area contributed by atoms with Crippen LogP contribution in [0.1, 0.15) is 128 Å². The predicted molar refractivity (Wildman–Crippen MR) is 357 cm³/mol. The molecule has 0 saturated carbocycles. The number of ether oxygens (including phenoxy) is 1. The van der Waals surface area contributed by atoms with Gasteiger partial charge in [0.05, 0.1) is 30.9 Å². The zero-order valence-corrected chi connectivity index (χ0v) is 55.3. The average molecular weight is 1260 g/mol. The number of carbonyl (C=O) groups is 9. The van der Waals surface area contributed by atoms with Crippen LogP contribution < -0.4 is 47.9 Å². The summed E-state index contributed by atoms with van der Waals surface area (Å²) in [5, 5.41) is 30.6. The molecule has 4 aromatic carbocycles. The molecule has 0 spiro atoms. The molecule has 1 aliphatic heterocycles. The quantitative estimate of drug-likeness (QED) is 0.0167. The fraction of sp³-hybridized carbons (Fsp3) is 0.443. The highest BCUT2D eigenvalue weighted by molar-refractivity contribution is 6.01. The fourth-order valence-electron chi connectivity index (χ4n) is 11.3. The molecule has 0 saturated heterocycles. The van der Waals surface area contributed by atoms with Gasteiger partial charge in [-0.05, 0) is 108 Å². The van der Waals surface area contributed by atoms with Gasteiger partial charge in [0.15, 0.2) is 0 Å². The van der Waals surface area contributed by atoms with Crippen LogP contribution in [0.2, 0.25) is 0 Å². The maximum Gasteiger partial charge on any atom is 0.331 e. The lowest BCUT2D eigenvalue weighted by Crippen LogP contribution is -2.61. The molecule has 494 valence electrons. The van der Waals surface area contributed by atoms with Crippen LogP contribution >= 0.6 is 0 Å². The molecule has 9 amide bonds. The van der Waals surface area contributed by atoms with Gasteiger partial charge >= 0.3 is 12.0 Å². The number of aryl methyl sites for hydroxylation is 1. The van der Waals surface area contributed by atoms with Crippen molar-refractivity contribution in [1.29, 1.82) is 0 Å². The molecular formula is C70H93N11O11. The third kappa shape index (κ3) is 19.2. The molecule has 22 heteroatoms. The van der Waals surface area contributed by atoms with Crippen molar-refractivity contribution in [3.63, 3.8) is 0 Å². The maximum absolute atomic E-state index is 14.5. The molecule has 0 aliphatic carbocycles. The van der Waals surface area contributed by atoms with E-state index in [0.29, 0.717) is 17.8 Å². The molecule has 0 fully saturated rings. The number of nitrogens with one attached hydrogen (secondary N) is 7. The number of benzene rings is 4. The number of rotatable bonds is 29. The number of amides is 9. The van der Waals surface area contributed by atoms with Gasteiger partial charge < -0.3 is 67.2 Å². The second kappa shape index (κ2) is 32.2. The minimum atomic E-state index is -1.10. The van der Waals surface area contributed by atoms with E-state index in [1.54, 1.807) is 63.2 Å². The van der Waals surface area contributed by atoms with E-state index in [9.17, 15) is 48.3 Å². The first kappa shape index (κ1) is 71.9. The number of hydrogen-bond acceptors (Lipinski definition) is 11. The van der Waals surface area contributed by atoms with Gasteiger partial charge in [0.1, 0.15) is 24.7 Å². The molecule has 1 aromatic heterocycles. The van der Waals surface area contributed by atoms with Crippen LogP contribution in [0, 0.1) is 17.3 Å². The molecule has 0 radical (unpaired) electrons. The fourth-order valence-corrected chi connectivity index (χ4v) is 11.3. The van der Waals surface area contributed by atoms with E-state index in [2.05, 4.69) is 37.2 Å². The summed E-state index contributed by atoms with van der Waals surface area (Å²) in [6.45, 7) is 18.8. The molecule has 10 N–H and O–H groups in total. The van der Waals surface area contributed by atoms with Crippen molar-refractivity contribution in [2.45, 2.75) is 150 Å². The van der Waals surface area contributed by atoms with E-state index in [-0.39, 0.29) is 81.2 Å². The third-order valence-corrected chi connectivity index (χ3v) is 16.7. The van der Waals surface area contributed by atoms with Gasteiger partial charge in [0.2, 0.25) is 41.4 Å². The molecule has 22 nitrogen and oxygen atoms in total. The Morgan fingerprint density at radius 2 is 1.40 bits per heavy atom. The molecular weight excluding hydrogens is 1170 g/mol. The third-order valence-electron chi connectivity index (χ3n) is 16.7. The van der Waals surface area contributed by atoms with E-state index < -0.39 is 82.6 Å². The molecule has 6 rings (SSSR count). The van der Waals surface area contributed by atoms with Gasteiger partial charge in [0, 0.05) is 73.8 Å². The van der Waals surface area contributed by atoms with E-state index in [0.717, 1.165) is 44.4 Å². The number of carboxylic acids is 1. The Morgan fingerprint density at radius 3 is 2.04 bits per heavy atom. The highest BCUT2D eigenvalue weighted by Gasteiger charge is 2.43. The average Bonchev–Trinajstić information content (AvgIpc) is 1.56. The normalized spacial score (nSPS) is 14.5. The molecule has 0 bridgehead atoms. The van der Waals surface area contributed by atoms with Crippen LogP contribution in [-0.2, 0) is 75.3 Å². The zero-order chi connectivity index (χ0) is 67.8. The summed E-state index contributed by atoms with van der Waals surface area (Å²) < 4.78 is 7.77. The lowest BCUT2D eigenvalue weighted by Gasteiger charge is -2.39. The zero-order valence-electron chi connectivity index (χ0n) is 55.3. The largest absolute Gasteiger partial charge is 0.478 e. The second-order valence-electron chi connectivity index (χ2n) is 25.9. The summed E-state index contributed by atoms with van der Waals surface area (Å²) in [6, 6.07) is 22.8. The van der Waals surface area contributed by atoms with Crippen molar-refractivity contribution in [2.24, 2.45) is 30.0 Å². The first-order valence-electron chi connectivity index (χ1n) is 31.2. The van der Waals surface area contributed by atoms with Crippen LogP contribution in [-0.4, -0.2) is 125 Å². The lowest BCUT2D eigenvalue weighted by atomic mass is 9.76. The summed E-state index contributed by atoms with van der Waals surface area (Å²) in [4.78, 5) is 124. The molecule has 1 aliphatic rings. The van der Waals surface area contributed by atoms with Crippen molar-refractivity contribution >= 4 is 87.8 Å². The number of anilines is 2. The molecule has 0 unspecified atom stereocenters. The number of urea groups is 1. The first-order chi connectivity index (χ1) is 43.4. The summed E-state index contributed by atoms with van der Waals surface area (Å²) in [5.74, 6) is -4.64. The maximum atomic E-state index is 14.5. The first-order valence-corrected chi connectivity index (χ1v) is 31.2. The number of aromatic nitrogens is 1. The van der Waals surface area contributed by atoms with Crippen molar-refractivity contribution < 1.29 is 53.0 Å². The number of carboxylic acid groups (broad SMARTS) is 1. The van der Waals surface area contributed by atoms with E-state index in [1.807, 2.05) is 145 Å². The number of fused-ring (bicyclic) bond motifs is 3. The van der Waals surface area contributed by atoms with E-state index in [4.69, 9.17) is 10.5 Å². The van der Waals surface area contributed by atoms with Crippen LogP contribution in [0.3, 0.4) is 0 Å². The van der Waals surface area contributed by atoms with Gasteiger partial charge in [0.25, 0.3) is 0 Å². The number of hydrogen-bond donors (Lipinski definition) is 9. The number of carbonyl (C=O) groups excluding carboxylic acids is 8. The van der Waals surface area contributed by atoms with Crippen LogP contribution in [0.4, 0.5) is 16.2 Å². The van der Waals surface area contributed by atoms with Gasteiger partial charge in [-0.2, -0.15) is 0 Å². The molecule has 5 atom stereocenters. The van der Waals surface area contributed by atoms with Gasteiger partial charge in [-0.3, -0.25) is 33.6 Å². The molecule has 92 heavy (non-hydrogen) atoms. The SMILES string of the molecule is CN[C@H](C(=O)N[C@H](C(=O)N(C)[C@H](/C=C(\C)C(=O)O)C(C)C)C(C)(C)C)C(C)(C)c1cn(C)c2ccc(CNC(=O)COCc3ccc(NC(=O)[C@H](CCCNC(N)=O)NC(=O)[C@@H](NC(=O)CCC(=O)N4Cc5ccccc5/C=C\c5ccccc54)C(C)C)cc3)cc12. The summed E-state index contributed by atoms with van der Waals surface area (Å²) in [6.07, 6.45) is 7.60. The molecule has 5 aromatic rings. The second-order valence-corrected chi connectivity index (χ2v) is 25.9. The van der Waals surface area contributed by atoms with Gasteiger partial charge in [-0.1, -0.05) is 141 Å². The van der Waals surface area contributed by atoms with Crippen molar-refractivity contribution in [3.05, 3.63) is 142 Å². The number of likely N-dealkylation sites (N-methyl/N-ethyl adjacent to an activating group) is 2. The topological polar surface area (TPSA) is 305 Å². The smallest absolute Gasteiger partial charge is 0.331 e. The van der Waals surface area contributed by atoms with Gasteiger partial charge in [-0.25, -0.2) is 9.59 Å². The van der Waals surface area contributed by atoms with Crippen LogP contribution in [0.5, 0.6) is 0 Å². The van der Waals surface area contributed by atoms with E-state index in [1.165, 1.54) is 11.8 Å². The Hall–Kier alpha value is -9.15. The lowest BCUT2D eigenvalue weighted by molar-refractivity contribution is -0.141. The Labute approximate surface area is 539 Å². The summed E-state index contributed by atoms with van der Waals surface area (Å²) in [7, 11) is 5.24. The Morgan fingerprint density at radius 1 is 0.750 bits per heavy atom. The Kier molecular flexibility index (Phi) is 25.2. The highest BCUT2D eigenvalue weighted by atomic mass is 16.5.